The van der Waals surface area contributed by atoms with Gasteiger partial charge in [-0.25, -0.2) is 4.98 Å². The summed E-state index contributed by atoms with van der Waals surface area (Å²) in [5.74, 6) is -0.575. The number of para-hydroxylation sites is 1. The van der Waals surface area contributed by atoms with Gasteiger partial charge in [-0.05, 0) is 36.4 Å². The number of benzene rings is 2. The van der Waals surface area contributed by atoms with Crippen LogP contribution in [0.25, 0.3) is 10.2 Å². The predicted molar refractivity (Wildman–Crippen MR) is 134 cm³/mol. The standard InChI is InChI=1S/C24H24N4O4S.ClH/c29-21-9-10-22(30)28(21)18-7-5-17(6-8-18)23(31)27(12-11-26-13-15-32-16-14-26)24-25-19-3-1-2-4-20(19)33-24;/h1-8H,9-16H2;1H. The summed E-state index contributed by atoms with van der Waals surface area (Å²) in [6.45, 7) is 4.31. The van der Waals surface area contributed by atoms with E-state index in [2.05, 4.69) is 4.90 Å². The van der Waals surface area contributed by atoms with Gasteiger partial charge < -0.3 is 4.74 Å². The van der Waals surface area contributed by atoms with E-state index in [0.717, 1.165) is 29.9 Å². The molecule has 0 bridgehead atoms. The fraction of sp³-hybridized carbons (Fsp3) is 0.333. The maximum absolute atomic E-state index is 13.6. The second kappa shape index (κ2) is 10.6. The molecular formula is C24H25ClN4O4S. The van der Waals surface area contributed by atoms with Crippen molar-refractivity contribution in [3.63, 3.8) is 0 Å². The quantitative estimate of drug-likeness (QED) is 0.483. The first-order valence-electron chi connectivity index (χ1n) is 11.0. The van der Waals surface area contributed by atoms with Gasteiger partial charge in [0.2, 0.25) is 11.8 Å². The molecule has 0 atom stereocenters. The molecule has 2 aliphatic rings. The topological polar surface area (TPSA) is 83.1 Å². The van der Waals surface area contributed by atoms with Crippen LogP contribution in [0.15, 0.2) is 48.5 Å². The van der Waals surface area contributed by atoms with Crippen LogP contribution in [-0.4, -0.2) is 67.0 Å². The Bertz CT molecular complexity index is 1140. The second-order valence-corrected chi connectivity index (χ2v) is 9.05. The predicted octanol–water partition coefficient (Wildman–Crippen LogP) is 3.35. The summed E-state index contributed by atoms with van der Waals surface area (Å²) in [7, 11) is 0. The van der Waals surface area contributed by atoms with Crippen molar-refractivity contribution in [2.45, 2.75) is 12.8 Å². The monoisotopic (exact) mass is 500 g/mol. The van der Waals surface area contributed by atoms with Gasteiger partial charge in [-0.15, -0.1) is 12.4 Å². The van der Waals surface area contributed by atoms with Crippen molar-refractivity contribution in [2.24, 2.45) is 0 Å². The van der Waals surface area contributed by atoms with Gasteiger partial charge in [0.05, 0.1) is 29.1 Å². The van der Waals surface area contributed by atoms with Crippen LogP contribution in [0.4, 0.5) is 10.8 Å². The summed E-state index contributed by atoms with van der Waals surface area (Å²) >= 11 is 1.49. The van der Waals surface area contributed by atoms with Crippen LogP contribution in [-0.2, 0) is 14.3 Å². The number of halogens is 1. The number of carbonyl (C=O) groups excluding carboxylic acids is 3. The van der Waals surface area contributed by atoms with E-state index in [0.29, 0.717) is 36.1 Å². The van der Waals surface area contributed by atoms with Gasteiger partial charge in [-0.3, -0.25) is 29.1 Å². The van der Waals surface area contributed by atoms with Crippen LogP contribution in [0.1, 0.15) is 23.2 Å². The van der Waals surface area contributed by atoms with Crippen LogP contribution in [0.5, 0.6) is 0 Å². The maximum atomic E-state index is 13.6. The number of amides is 3. The summed E-state index contributed by atoms with van der Waals surface area (Å²) in [4.78, 5) is 47.5. The van der Waals surface area contributed by atoms with E-state index in [4.69, 9.17) is 9.72 Å². The van der Waals surface area contributed by atoms with Crippen LogP contribution >= 0.6 is 23.7 Å². The summed E-state index contributed by atoms with van der Waals surface area (Å²) < 4.78 is 6.46. The minimum absolute atomic E-state index is 0. The molecule has 0 N–H and O–H groups in total. The zero-order chi connectivity index (χ0) is 22.8. The number of anilines is 2. The molecule has 3 heterocycles. The van der Waals surface area contributed by atoms with Gasteiger partial charge in [0, 0.05) is 44.6 Å². The third-order valence-corrected chi connectivity index (χ3v) is 6.99. The minimum atomic E-state index is -0.208. The van der Waals surface area contributed by atoms with Crippen LogP contribution in [0.3, 0.4) is 0 Å². The number of nitrogens with zero attached hydrogens (tertiary/aromatic N) is 4. The number of aromatic nitrogens is 1. The number of imide groups is 1. The highest BCUT2D eigenvalue weighted by Gasteiger charge is 2.30. The minimum Gasteiger partial charge on any atom is -0.379 e. The number of thiazole rings is 1. The highest BCUT2D eigenvalue weighted by atomic mass is 35.5. The maximum Gasteiger partial charge on any atom is 0.260 e. The molecule has 5 rings (SSSR count). The lowest BCUT2D eigenvalue weighted by Gasteiger charge is -2.29. The van der Waals surface area contributed by atoms with Gasteiger partial charge in [0.15, 0.2) is 5.13 Å². The second-order valence-electron chi connectivity index (χ2n) is 8.04. The first-order valence-corrected chi connectivity index (χ1v) is 11.9. The molecule has 0 saturated carbocycles. The van der Waals surface area contributed by atoms with Crippen molar-refractivity contribution in [2.75, 3.05) is 49.2 Å². The Morgan fingerprint density at radius 3 is 2.35 bits per heavy atom. The largest absolute Gasteiger partial charge is 0.379 e. The van der Waals surface area contributed by atoms with Crippen molar-refractivity contribution in [1.29, 1.82) is 0 Å². The molecule has 3 amide bonds. The fourth-order valence-electron chi connectivity index (χ4n) is 4.10. The zero-order valence-corrected chi connectivity index (χ0v) is 20.1. The number of carbonyl (C=O) groups is 3. The van der Waals surface area contributed by atoms with Crippen LogP contribution < -0.4 is 9.80 Å². The molecule has 3 aromatic rings. The molecule has 0 spiro atoms. The van der Waals surface area contributed by atoms with E-state index < -0.39 is 0 Å². The molecule has 1 aromatic heterocycles. The van der Waals surface area contributed by atoms with Crippen LogP contribution in [0.2, 0.25) is 0 Å². The van der Waals surface area contributed by atoms with Crippen molar-refractivity contribution < 1.29 is 19.1 Å². The average molecular weight is 501 g/mol. The Hall–Kier alpha value is -2.85. The lowest BCUT2D eigenvalue weighted by molar-refractivity contribution is -0.121. The van der Waals surface area contributed by atoms with E-state index in [9.17, 15) is 14.4 Å². The number of ether oxygens (including phenoxy) is 1. The normalized spacial score (nSPS) is 16.6. The Balaban J connectivity index is 0.00000274. The van der Waals surface area contributed by atoms with Crippen LogP contribution in [0, 0.1) is 0 Å². The molecule has 178 valence electrons. The molecule has 2 fully saturated rings. The van der Waals surface area contributed by atoms with Gasteiger partial charge in [0.1, 0.15) is 0 Å². The highest BCUT2D eigenvalue weighted by Crippen LogP contribution is 2.30. The molecule has 2 saturated heterocycles. The van der Waals surface area contributed by atoms with E-state index in [1.807, 2.05) is 24.3 Å². The summed E-state index contributed by atoms with van der Waals surface area (Å²) in [5, 5.41) is 0.656. The van der Waals surface area contributed by atoms with Gasteiger partial charge in [0.25, 0.3) is 5.91 Å². The molecule has 2 aliphatic heterocycles. The molecular weight excluding hydrogens is 476 g/mol. The number of fused-ring (bicyclic) bond motifs is 1. The van der Waals surface area contributed by atoms with Crippen molar-refractivity contribution >= 4 is 62.5 Å². The Morgan fingerprint density at radius 1 is 1.00 bits per heavy atom. The van der Waals surface area contributed by atoms with Crippen molar-refractivity contribution in [3.05, 3.63) is 54.1 Å². The molecule has 2 aromatic carbocycles. The SMILES string of the molecule is Cl.O=C(c1ccc(N2C(=O)CCC2=O)cc1)N(CCN1CCOCC1)c1nc2ccccc2s1. The molecule has 0 unspecified atom stereocenters. The number of morpholine rings is 1. The van der Waals surface area contributed by atoms with Gasteiger partial charge in [-0.2, -0.15) is 0 Å². The molecule has 8 nitrogen and oxygen atoms in total. The lowest BCUT2D eigenvalue weighted by Crippen LogP contribution is -2.43. The first kappa shape index (κ1) is 24.3. The smallest absolute Gasteiger partial charge is 0.260 e. The molecule has 34 heavy (non-hydrogen) atoms. The van der Waals surface area contributed by atoms with E-state index >= 15 is 0 Å². The molecule has 10 heteroatoms. The number of hydrogen-bond donors (Lipinski definition) is 0. The van der Waals surface area contributed by atoms with Gasteiger partial charge in [-0.1, -0.05) is 23.5 Å². The molecule has 0 radical (unpaired) electrons. The third kappa shape index (κ3) is 4.97. The Kier molecular flexibility index (Phi) is 7.57. The zero-order valence-electron chi connectivity index (χ0n) is 18.5. The Labute approximate surface area is 207 Å². The fourth-order valence-corrected chi connectivity index (χ4v) is 5.09. The van der Waals surface area contributed by atoms with Crippen molar-refractivity contribution in [3.8, 4) is 0 Å². The first-order chi connectivity index (χ1) is 16.1. The number of hydrogen-bond acceptors (Lipinski definition) is 7. The Morgan fingerprint density at radius 2 is 1.68 bits per heavy atom. The van der Waals surface area contributed by atoms with Gasteiger partial charge >= 0.3 is 0 Å². The molecule has 0 aliphatic carbocycles. The van der Waals surface area contributed by atoms with Crippen molar-refractivity contribution in [1.82, 2.24) is 9.88 Å². The van der Waals surface area contributed by atoms with E-state index in [1.165, 1.54) is 16.2 Å². The summed E-state index contributed by atoms with van der Waals surface area (Å²) in [6, 6.07) is 14.5. The summed E-state index contributed by atoms with van der Waals surface area (Å²) in [5.41, 5.74) is 1.85. The van der Waals surface area contributed by atoms with E-state index in [1.54, 1.807) is 29.2 Å². The average Bonchev–Trinajstić information content (AvgIpc) is 3.42. The highest BCUT2D eigenvalue weighted by molar-refractivity contribution is 7.22. The van der Waals surface area contributed by atoms with E-state index in [-0.39, 0.29) is 43.0 Å². The summed E-state index contributed by atoms with van der Waals surface area (Å²) in [6.07, 6.45) is 0.457. The lowest BCUT2D eigenvalue weighted by atomic mass is 10.1. The number of rotatable bonds is 6. The third-order valence-electron chi connectivity index (χ3n) is 5.93.